The molecule has 0 bridgehead atoms. The molecule has 0 unspecified atom stereocenters. The van der Waals surface area contributed by atoms with Crippen LogP contribution in [0, 0.1) is 10.1 Å². The van der Waals surface area contributed by atoms with Crippen molar-refractivity contribution in [2.24, 2.45) is 0 Å². The van der Waals surface area contributed by atoms with Crippen LogP contribution in [0.5, 0.6) is 0 Å². The summed E-state index contributed by atoms with van der Waals surface area (Å²) in [4.78, 5) is 33.2. The molecule has 0 saturated heterocycles. The van der Waals surface area contributed by atoms with Gasteiger partial charge in [0.1, 0.15) is 6.61 Å². The molecule has 7 nitrogen and oxygen atoms in total. The van der Waals surface area contributed by atoms with Gasteiger partial charge in [-0.1, -0.05) is 24.9 Å². The largest absolute Gasteiger partial charge is 0.466 e. The number of rotatable bonds is 9. The zero-order chi connectivity index (χ0) is 17.2. The van der Waals surface area contributed by atoms with Crippen molar-refractivity contribution in [3.63, 3.8) is 0 Å². The fourth-order valence-corrected chi connectivity index (χ4v) is 1.83. The molecule has 0 heterocycles. The van der Waals surface area contributed by atoms with Gasteiger partial charge in [0.15, 0.2) is 0 Å². The van der Waals surface area contributed by atoms with Gasteiger partial charge < -0.3 is 9.47 Å². The molecular formula is C15H18ClNO6. The fourth-order valence-electron chi connectivity index (χ4n) is 1.67. The van der Waals surface area contributed by atoms with Crippen LogP contribution >= 0.6 is 11.6 Å². The molecule has 0 spiro atoms. The Balaban J connectivity index is 2.42. The van der Waals surface area contributed by atoms with Gasteiger partial charge >= 0.3 is 11.9 Å². The summed E-state index contributed by atoms with van der Waals surface area (Å²) in [7, 11) is 0. The Kier molecular flexibility index (Phi) is 8.04. The number of benzene rings is 1. The third-order valence-electron chi connectivity index (χ3n) is 2.93. The second-order valence-corrected chi connectivity index (χ2v) is 5.20. The molecule has 0 N–H and O–H groups in total. The molecule has 0 aromatic heterocycles. The highest BCUT2D eigenvalue weighted by atomic mass is 35.5. The molecule has 0 aliphatic rings. The molecule has 0 amide bonds. The predicted octanol–water partition coefficient (Wildman–Crippen LogP) is 3.41. The number of nitrogens with zero attached hydrogens (tertiary/aromatic N) is 1. The van der Waals surface area contributed by atoms with Crippen LogP contribution < -0.4 is 0 Å². The monoisotopic (exact) mass is 343 g/mol. The maximum absolute atomic E-state index is 11.6. The molecule has 1 rings (SSSR count). The SMILES string of the molecule is CCCCOC(=O)CCC(=O)OCc1ccc(Cl)cc1[N+](=O)[O-]. The number of ether oxygens (including phenoxy) is 2. The van der Waals surface area contributed by atoms with Crippen LogP contribution in [0.2, 0.25) is 5.02 Å². The van der Waals surface area contributed by atoms with Gasteiger partial charge in [0.2, 0.25) is 0 Å². The van der Waals surface area contributed by atoms with Gasteiger partial charge in [-0.15, -0.1) is 0 Å². The molecule has 1 aromatic rings. The first-order chi connectivity index (χ1) is 10.9. The molecule has 1 aromatic carbocycles. The van der Waals surface area contributed by atoms with E-state index in [1.807, 2.05) is 6.92 Å². The maximum Gasteiger partial charge on any atom is 0.306 e. The van der Waals surface area contributed by atoms with Gasteiger partial charge in [0.05, 0.1) is 29.9 Å². The Labute approximate surface area is 138 Å². The van der Waals surface area contributed by atoms with Crippen LogP contribution in [0.4, 0.5) is 5.69 Å². The minimum absolute atomic E-state index is 0.0781. The Morgan fingerprint density at radius 2 is 1.87 bits per heavy atom. The number of nitro benzene ring substituents is 1. The van der Waals surface area contributed by atoms with Crippen LogP contribution in [0.25, 0.3) is 0 Å². The molecular weight excluding hydrogens is 326 g/mol. The van der Waals surface area contributed by atoms with Gasteiger partial charge in [0, 0.05) is 11.1 Å². The summed E-state index contributed by atoms with van der Waals surface area (Å²) in [6.07, 6.45) is 1.48. The van der Waals surface area contributed by atoms with Crippen LogP contribution in [-0.4, -0.2) is 23.5 Å². The van der Waals surface area contributed by atoms with Crippen molar-refractivity contribution in [1.82, 2.24) is 0 Å². The van der Waals surface area contributed by atoms with Crippen molar-refractivity contribution < 1.29 is 24.0 Å². The van der Waals surface area contributed by atoms with Gasteiger partial charge in [-0.2, -0.15) is 0 Å². The second kappa shape index (κ2) is 9.78. The Bertz CT molecular complexity index is 575. The summed E-state index contributed by atoms with van der Waals surface area (Å²) >= 11 is 5.70. The summed E-state index contributed by atoms with van der Waals surface area (Å²) in [5.41, 5.74) is 0.0162. The third-order valence-corrected chi connectivity index (χ3v) is 3.16. The van der Waals surface area contributed by atoms with E-state index in [1.165, 1.54) is 18.2 Å². The molecule has 23 heavy (non-hydrogen) atoms. The highest BCUT2D eigenvalue weighted by Gasteiger charge is 2.16. The topological polar surface area (TPSA) is 95.7 Å². The van der Waals surface area contributed by atoms with E-state index in [1.54, 1.807) is 0 Å². The van der Waals surface area contributed by atoms with E-state index in [0.29, 0.717) is 6.61 Å². The Hall–Kier alpha value is -2.15. The van der Waals surface area contributed by atoms with Gasteiger partial charge in [-0.25, -0.2) is 0 Å². The fraction of sp³-hybridized carbons (Fsp3) is 0.467. The lowest BCUT2D eigenvalue weighted by molar-refractivity contribution is -0.385. The summed E-state index contributed by atoms with van der Waals surface area (Å²) in [5, 5.41) is 11.1. The zero-order valence-corrected chi connectivity index (χ0v) is 13.5. The average molecular weight is 344 g/mol. The summed E-state index contributed by atoms with van der Waals surface area (Å²) in [6.45, 7) is 2.06. The van der Waals surface area contributed by atoms with Gasteiger partial charge in [-0.3, -0.25) is 19.7 Å². The molecule has 0 radical (unpaired) electrons. The number of unbranched alkanes of at least 4 members (excludes halogenated alkanes) is 1. The maximum atomic E-state index is 11.6. The third kappa shape index (κ3) is 7.10. The van der Waals surface area contributed by atoms with Gasteiger partial charge in [-0.05, 0) is 18.6 Å². The number of halogens is 1. The van der Waals surface area contributed by atoms with E-state index in [9.17, 15) is 19.7 Å². The van der Waals surface area contributed by atoms with Crippen molar-refractivity contribution in [2.45, 2.75) is 39.2 Å². The number of hydrogen-bond acceptors (Lipinski definition) is 6. The molecule has 126 valence electrons. The number of nitro groups is 1. The standard InChI is InChI=1S/C15H18ClNO6/c1-2-3-8-22-14(18)6-7-15(19)23-10-11-4-5-12(16)9-13(11)17(20)21/h4-5,9H,2-3,6-8,10H2,1H3. The average Bonchev–Trinajstić information content (AvgIpc) is 2.51. The molecule has 0 aliphatic heterocycles. The summed E-state index contributed by atoms with van der Waals surface area (Å²) in [6, 6.07) is 4.09. The van der Waals surface area contributed by atoms with E-state index in [0.717, 1.165) is 12.8 Å². The molecule has 0 atom stereocenters. The van der Waals surface area contributed by atoms with Crippen molar-refractivity contribution in [2.75, 3.05) is 6.61 Å². The molecule has 0 saturated carbocycles. The predicted molar refractivity (Wildman–Crippen MR) is 83.0 cm³/mol. The van der Waals surface area contributed by atoms with E-state index in [4.69, 9.17) is 21.1 Å². The van der Waals surface area contributed by atoms with Crippen molar-refractivity contribution in [3.05, 3.63) is 38.9 Å². The minimum atomic E-state index is -0.623. The Morgan fingerprint density at radius 3 is 2.48 bits per heavy atom. The van der Waals surface area contributed by atoms with E-state index < -0.39 is 16.9 Å². The van der Waals surface area contributed by atoms with Crippen LogP contribution in [0.15, 0.2) is 18.2 Å². The van der Waals surface area contributed by atoms with Crippen LogP contribution in [0.3, 0.4) is 0 Å². The normalized spacial score (nSPS) is 10.2. The molecule has 0 aliphatic carbocycles. The molecule has 8 heteroatoms. The lowest BCUT2D eigenvalue weighted by atomic mass is 10.2. The summed E-state index contributed by atoms with van der Waals surface area (Å²) < 4.78 is 9.85. The Morgan fingerprint density at radius 1 is 1.22 bits per heavy atom. The van der Waals surface area contributed by atoms with Gasteiger partial charge in [0.25, 0.3) is 5.69 Å². The van der Waals surface area contributed by atoms with E-state index in [2.05, 4.69) is 0 Å². The first kappa shape index (κ1) is 18.9. The number of carbonyl (C=O) groups is 2. The van der Waals surface area contributed by atoms with E-state index >= 15 is 0 Å². The number of hydrogen-bond donors (Lipinski definition) is 0. The smallest absolute Gasteiger partial charge is 0.306 e. The van der Waals surface area contributed by atoms with Crippen molar-refractivity contribution in [1.29, 1.82) is 0 Å². The quantitative estimate of drug-likeness (QED) is 0.295. The second-order valence-electron chi connectivity index (χ2n) is 4.76. The lowest BCUT2D eigenvalue weighted by Crippen LogP contribution is -2.11. The first-order valence-corrected chi connectivity index (χ1v) is 7.56. The van der Waals surface area contributed by atoms with Crippen LogP contribution in [-0.2, 0) is 25.7 Å². The van der Waals surface area contributed by atoms with Crippen molar-refractivity contribution >= 4 is 29.2 Å². The van der Waals surface area contributed by atoms with E-state index in [-0.39, 0.29) is 35.7 Å². The number of esters is 2. The highest BCUT2D eigenvalue weighted by molar-refractivity contribution is 6.30. The highest BCUT2D eigenvalue weighted by Crippen LogP contribution is 2.23. The zero-order valence-electron chi connectivity index (χ0n) is 12.7. The van der Waals surface area contributed by atoms with Crippen molar-refractivity contribution in [3.8, 4) is 0 Å². The molecule has 0 fully saturated rings. The van der Waals surface area contributed by atoms with Crippen LogP contribution in [0.1, 0.15) is 38.2 Å². The number of carbonyl (C=O) groups excluding carboxylic acids is 2. The first-order valence-electron chi connectivity index (χ1n) is 7.18. The minimum Gasteiger partial charge on any atom is -0.466 e. The lowest BCUT2D eigenvalue weighted by Gasteiger charge is -2.06. The summed E-state index contributed by atoms with van der Waals surface area (Å²) in [5.74, 6) is -1.09.